The predicted molar refractivity (Wildman–Crippen MR) is 193 cm³/mol. The summed E-state index contributed by atoms with van der Waals surface area (Å²) in [5.74, 6) is -0.151. The van der Waals surface area contributed by atoms with Crippen molar-refractivity contribution in [3.8, 4) is 16.9 Å². The molecule has 3 aromatic carbocycles. The van der Waals surface area contributed by atoms with E-state index in [4.69, 9.17) is 31.5 Å². The van der Waals surface area contributed by atoms with Crippen LogP contribution in [0.5, 0.6) is 5.75 Å². The Balaban J connectivity index is 1.51. The zero-order chi connectivity index (χ0) is 34.9. The quantitative estimate of drug-likeness (QED) is 0.0653. The molecule has 0 aliphatic heterocycles. The van der Waals surface area contributed by atoms with Crippen molar-refractivity contribution in [2.75, 3.05) is 33.5 Å². The van der Waals surface area contributed by atoms with Gasteiger partial charge in [-0.25, -0.2) is 4.39 Å². The van der Waals surface area contributed by atoms with E-state index < -0.39 is 12.0 Å². The Morgan fingerprint density at radius 1 is 1.04 bits per heavy atom. The fraction of sp³-hybridized carbons (Fsp3) is 0.486. The van der Waals surface area contributed by atoms with Crippen LogP contribution in [0.4, 0.5) is 4.39 Å². The molecule has 0 aromatic heterocycles. The van der Waals surface area contributed by atoms with E-state index in [2.05, 4.69) is 23.9 Å². The van der Waals surface area contributed by atoms with Crippen LogP contribution in [0.1, 0.15) is 52.0 Å². The number of hydrogen-bond donors (Lipinski definition) is 4. The summed E-state index contributed by atoms with van der Waals surface area (Å²) in [5.41, 5.74) is 9.03. The lowest BCUT2D eigenvalue weighted by Crippen LogP contribution is -2.48. The van der Waals surface area contributed by atoms with Crippen molar-refractivity contribution < 1.29 is 28.5 Å². The van der Waals surface area contributed by atoms with Crippen LogP contribution in [0.25, 0.3) is 11.1 Å². The van der Waals surface area contributed by atoms with Crippen LogP contribution in [0.2, 0.25) is 5.02 Å². The third kappa shape index (κ3) is 13.7. The molecule has 4 unspecified atom stereocenters. The molecule has 11 heteroatoms. The summed E-state index contributed by atoms with van der Waals surface area (Å²) in [4.78, 5) is 14.4. The van der Waals surface area contributed by atoms with Crippen molar-refractivity contribution >= 4 is 29.5 Å². The highest BCUT2D eigenvalue weighted by molar-refractivity contribution is 7.97. The lowest BCUT2D eigenvalue weighted by molar-refractivity contribution is -0.129. The topological polar surface area (TPSA) is 115 Å². The van der Waals surface area contributed by atoms with Crippen molar-refractivity contribution in [3.63, 3.8) is 0 Å². The molecule has 3 aromatic rings. The molecule has 3 rings (SSSR count). The van der Waals surface area contributed by atoms with Crippen molar-refractivity contribution in [2.45, 2.75) is 76.1 Å². The number of ether oxygens (including phenoxy) is 3. The van der Waals surface area contributed by atoms with Crippen LogP contribution in [0.15, 0.2) is 71.6 Å². The largest absolute Gasteiger partial charge is 0.493 e. The number of carbonyl (C=O) groups excluding carboxylic acids is 1. The number of nitrogens with two attached hydrogens (primary N) is 1. The number of benzene rings is 3. The number of aliphatic hydroxyl groups is 1. The molecule has 0 bridgehead atoms. The number of rotatable bonds is 22. The average Bonchev–Trinajstić information content (AvgIpc) is 3.07. The summed E-state index contributed by atoms with van der Waals surface area (Å²) in [7, 11) is 1.65. The lowest BCUT2D eigenvalue weighted by atomic mass is 9.92. The van der Waals surface area contributed by atoms with Gasteiger partial charge in [0.05, 0.1) is 31.8 Å². The molecular weight excluding hydrogens is 653 g/mol. The minimum Gasteiger partial charge on any atom is -0.493 e. The maximum absolute atomic E-state index is 13.5. The standard InChI is InChI=1S/C37H51ClFN3O5S/c1-5-25(2)35(22-41-48-32-15-10-29(38)11-16-32)42-37(44)33(26(3)43)18-14-31(40)24-46-23-27-7-17-34(28-8-12-30(39)13-9-28)36(21-27)47-20-6-19-45-4/h7-13,15-17,21,25-26,31,33,35,41,43H,5-6,14,18-20,22-24,40H2,1-4H3,(H,42,44)/t25?,26?,31?,33-,35?/m0/s1. The highest BCUT2D eigenvalue weighted by Gasteiger charge is 2.28. The summed E-state index contributed by atoms with van der Waals surface area (Å²) in [6.07, 6.45) is 1.75. The van der Waals surface area contributed by atoms with Crippen LogP contribution in [0.3, 0.4) is 0 Å². The molecule has 48 heavy (non-hydrogen) atoms. The molecule has 0 radical (unpaired) electrons. The Labute approximate surface area is 294 Å². The second-order valence-electron chi connectivity index (χ2n) is 12.1. The van der Waals surface area contributed by atoms with Crippen LogP contribution in [0, 0.1) is 17.7 Å². The third-order valence-electron chi connectivity index (χ3n) is 8.29. The first kappa shape index (κ1) is 39.7. The Kier molecular flexibility index (Phi) is 17.7. The van der Waals surface area contributed by atoms with E-state index in [1.165, 1.54) is 24.1 Å². The summed E-state index contributed by atoms with van der Waals surface area (Å²) < 4.78 is 34.0. The van der Waals surface area contributed by atoms with Gasteiger partial charge in [-0.2, -0.15) is 0 Å². The predicted octanol–water partition coefficient (Wildman–Crippen LogP) is 7.01. The van der Waals surface area contributed by atoms with E-state index in [1.54, 1.807) is 26.2 Å². The van der Waals surface area contributed by atoms with Crippen LogP contribution in [-0.2, 0) is 20.9 Å². The Morgan fingerprint density at radius 3 is 2.44 bits per heavy atom. The fourth-order valence-corrected chi connectivity index (χ4v) is 5.94. The molecule has 0 heterocycles. The Bertz CT molecular complexity index is 1370. The second kappa shape index (κ2) is 21.4. The highest BCUT2D eigenvalue weighted by atomic mass is 35.5. The second-order valence-corrected chi connectivity index (χ2v) is 13.5. The molecular formula is C37H51ClFN3O5S. The SMILES string of the molecule is CCC(C)C(CNSc1ccc(Cl)cc1)NC(=O)[C@@H](CCC(N)COCc1ccc(-c2ccc(F)cc2)c(OCCCOC)c1)C(C)O. The Morgan fingerprint density at radius 2 is 1.77 bits per heavy atom. The first-order valence-corrected chi connectivity index (χ1v) is 17.8. The first-order valence-electron chi connectivity index (χ1n) is 16.6. The van der Waals surface area contributed by atoms with Gasteiger partial charge in [-0.3, -0.25) is 9.52 Å². The van der Waals surface area contributed by atoms with Gasteiger partial charge in [0.25, 0.3) is 0 Å². The highest BCUT2D eigenvalue weighted by Crippen LogP contribution is 2.32. The van der Waals surface area contributed by atoms with Crippen LogP contribution >= 0.6 is 23.5 Å². The van der Waals surface area contributed by atoms with E-state index in [0.29, 0.717) is 56.6 Å². The van der Waals surface area contributed by atoms with Gasteiger partial charge in [-0.15, -0.1) is 0 Å². The zero-order valence-corrected chi connectivity index (χ0v) is 30.0. The maximum Gasteiger partial charge on any atom is 0.225 e. The summed E-state index contributed by atoms with van der Waals surface area (Å²) in [6, 6.07) is 19.3. The molecule has 1 amide bonds. The van der Waals surface area contributed by atoms with Gasteiger partial charge in [0, 0.05) is 54.2 Å². The number of hydrogen-bond acceptors (Lipinski definition) is 8. The van der Waals surface area contributed by atoms with E-state index in [-0.39, 0.29) is 29.7 Å². The molecule has 5 N–H and O–H groups in total. The average molecular weight is 704 g/mol. The van der Waals surface area contributed by atoms with Gasteiger partial charge in [-0.05, 0) is 91.2 Å². The smallest absolute Gasteiger partial charge is 0.225 e. The molecule has 5 atom stereocenters. The van der Waals surface area contributed by atoms with Crippen molar-refractivity contribution in [1.29, 1.82) is 0 Å². The van der Waals surface area contributed by atoms with Gasteiger partial charge in [0.1, 0.15) is 11.6 Å². The zero-order valence-electron chi connectivity index (χ0n) is 28.4. The van der Waals surface area contributed by atoms with Gasteiger partial charge < -0.3 is 30.4 Å². The molecule has 8 nitrogen and oxygen atoms in total. The number of aliphatic hydroxyl groups excluding tert-OH is 1. The van der Waals surface area contributed by atoms with Gasteiger partial charge in [-0.1, -0.05) is 56.1 Å². The Hall–Kier alpha value is -2.70. The van der Waals surface area contributed by atoms with Crippen molar-refractivity contribution in [3.05, 3.63) is 83.1 Å². The first-order chi connectivity index (χ1) is 23.1. The van der Waals surface area contributed by atoms with E-state index in [9.17, 15) is 14.3 Å². The molecule has 0 aliphatic rings. The number of methoxy groups -OCH3 is 1. The third-order valence-corrected chi connectivity index (χ3v) is 9.36. The van der Waals surface area contributed by atoms with E-state index in [1.807, 2.05) is 42.5 Å². The molecule has 264 valence electrons. The lowest BCUT2D eigenvalue weighted by Gasteiger charge is -2.28. The van der Waals surface area contributed by atoms with Crippen molar-refractivity contribution in [2.24, 2.45) is 17.6 Å². The number of halogens is 2. The minimum atomic E-state index is -0.825. The van der Waals surface area contributed by atoms with Gasteiger partial charge >= 0.3 is 0 Å². The number of amides is 1. The number of nitrogens with one attached hydrogen (secondary N) is 2. The summed E-state index contributed by atoms with van der Waals surface area (Å²) >= 11 is 7.48. The van der Waals surface area contributed by atoms with E-state index in [0.717, 1.165) is 34.4 Å². The van der Waals surface area contributed by atoms with Gasteiger partial charge in [0.15, 0.2) is 0 Å². The summed E-state index contributed by atoms with van der Waals surface area (Å²) in [6.45, 7) is 8.09. The summed E-state index contributed by atoms with van der Waals surface area (Å²) in [5, 5.41) is 14.4. The number of carbonyl (C=O) groups is 1. The van der Waals surface area contributed by atoms with E-state index >= 15 is 0 Å². The van der Waals surface area contributed by atoms with Crippen molar-refractivity contribution in [1.82, 2.24) is 10.0 Å². The fourth-order valence-electron chi connectivity index (χ4n) is 5.11. The molecule has 0 saturated heterocycles. The monoisotopic (exact) mass is 703 g/mol. The normalized spacial score (nSPS) is 14.6. The van der Waals surface area contributed by atoms with Crippen LogP contribution in [-0.4, -0.2) is 62.7 Å². The molecule has 0 saturated carbocycles. The molecule has 0 fully saturated rings. The van der Waals surface area contributed by atoms with Gasteiger partial charge in [0.2, 0.25) is 5.91 Å². The maximum atomic E-state index is 13.5. The molecule has 0 spiro atoms. The molecule has 0 aliphatic carbocycles. The van der Waals surface area contributed by atoms with Crippen LogP contribution < -0.4 is 20.5 Å². The minimum absolute atomic E-state index is 0.108.